The Hall–Kier alpha value is -1.64. The molecule has 0 bridgehead atoms. The quantitative estimate of drug-likeness (QED) is 0.555. The minimum Gasteiger partial charge on any atom is -0.497 e. The summed E-state index contributed by atoms with van der Waals surface area (Å²) in [5.41, 5.74) is 0.452. The van der Waals surface area contributed by atoms with E-state index in [4.69, 9.17) is 4.74 Å². The molecular formula is C12H12O3. The predicted octanol–water partition coefficient (Wildman–Crippen LogP) is 1.86. The zero-order valence-corrected chi connectivity index (χ0v) is 8.53. The zero-order chi connectivity index (χ0) is 10.8. The number of hydrogen-bond acceptors (Lipinski definition) is 3. The molecule has 1 fully saturated rings. The maximum Gasteiger partial charge on any atom is 0.228 e. The number of ether oxygens (including phenoxy) is 1. The second-order valence-corrected chi connectivity index (χ2v) is 3.70. The molecular weight excluding hydrogens is 192 g/mol. The molecule has 0 saturated heterocycles. The van der Waals surface area contributed by atoms with Crippen LogP contribution in [0.3, 0.4) is 0 Å². The van der Waals surface area contributed by atoms with Gasteiger partial charge in [0.15, 0.2) is 0 Å². The molecule has 1 aliphatic carbocycles. The Morgan fingerprint density at radius 1 is 1.20 bits per heavy atom. The molecule has 1 aromatic carbocycles. The molecule has 3 nitrogen and oxygen atoms in total. The fraction of sp³-hybridized carbons (Fsp3) is 0.333. The van der Waals surface area contributed by atoms with Gasteiger partial charge in [-0.2, -0.15) is 0 Å². The Kier molecular flexibility index (Phi) is 2.54. The van der Waals surface area contributed by atoms with Gasteiger partial charge in [0.05, 0.1) is 7.11 Å². The largest absolute Gasteiger partial charge is 0.497 e. The van der Waals surface area contributed by atoms with Crippen molar-refractivity contribution < 1.29 is 14.3 Å². The van der Waals surface area contributed by atoms with Gasteiger partial charge in [0.1, 0.15) is 5.75 Å². The summed E-state index contributed by atoms with van der Waals surface area (Å²) >= 11 is 0. The number of rotatable bonds is 4. The van der Waals surface area contributed by atoms with E-state index >= 15 is 0 Å². The zero-order valence-electron chi connectivity index (χ0n) is 8.53. The van der Waals surface area contributed by atoms with E-state index in [1.807, 2.05) is 0 Å². The van der Waals surface area contributed by atoms with E-state index in [0.29, 0.717) is 11.3 Å². The van der Waals surface area contributed by atoms with E-state index in [9.17, 15) is 9.59 Å². The van der Waals surface area contributed by atoms with Crippen LogP contribution in [-0.4, -0.2) is 18.7 Å². The van der Waals surface area contributed by atoms with Crippen LogP contribution >= 0.6 is 0 Å². The number of hydrogen-bond donors (Lipinski definition) is 0. The van der Waals surface area contributed by atoms with Gasteiger partial charge in [0.2, 0.25) is 11.6 Å². The molecule has 2 rings (SSSR count). The van der Waals surface area contributed by atoms with Crippen LogP contribution in [0.5, 0.6) is 5.75 Å². The van der Waals surface area contributed by atoms with Crippen molar-refractivity contribution in [3.05, 3.63) is 29.8 Å². The van der Waals surface area contributed by atoms with Crippen LogP contribution in [0.4, 0.5) is 0 Å². The van der Waals surface area contributed by atoms with E-state index < -0.39 is 0 Å². The fourth-order valence-corrected chi connectivity index (χ4v) is 1.42. The minimum atomic E-state index is -0.375. The number of carbonyl (C=O) groups excluding carboxylic acids is 2. The highest BCUT2D eigenvalue weighted by molar-refractivity contribution is 6.44. The molecule has 0 N–H and O–H groups in total. The lowest BCUT2D eigenvalue weighted by atomic mass is 10.0. The number of methoxy groups -OCH3 is 1. The van der Waals surface area contributed by atoms with E-state index in [1.165, 1.54) is 0 Å². The Morgan fingerprint density at radius 2 is 1.80 bits per heavy atom. The first-order valence-corrected chi connectivity index (χ1v) is 4.95. The van der Waals surface area contributed by atoms with Gasteiger partial charge in [0.25, 0.3) is 0 Å². The summed E-state index contributed by atoms with van der Waals surface area (Å²) in [6, 6.07) is 6.63. The van der Waals surface area contributed by atoms with Crippen LogP contribution < -0.4 is 4.74 Å². The van der Waals surface area contributed by atoms with E-state index in [1.54, 1.807) is 31.4 Å². The van der Waals surface area contributed by atoms with E-state index in [2.05, 4.69) is 0 Å². The standard InChI is InChI=1S/C12H12O3/c1-15-10-6-4-9(5-7-10)12(14)11(13)8-2-3-8/h4-8H,2-3H2,1H3. The van der Waals surface area contributed by atoms with Gasteiger partial charge in [0, 0.05) is 11.5 Å². The monoisotopic (exact) mass is 204 g/mol. The number of ketones is 2. The molecule has 0 aromatic heterocycles. The highest BCUT2D eigenvalue weighted by atomic mass is 16.5. The molecule has 0 atom stereocenters. The fourth-order valence-electron chi connectivity index (χ4n) is 1.42. The third-order valence-corrected chi connectivity index (χ3v) is 2.52. The maximum absolute atomic E-state index is 11.6. The van der Waals surface area contributed by atoms with Crippen molar-refractivity contribution in [3.63, 3.8) is 0 Å². The molecule has 15 heavy (non-hydrogen) atoms. The Balaban J connectivity index is 2.14. The van der Waals surface area contributed by atoms with Crippen molar-refractivity contribution in [2.45, 2.75) is 12.8 Å². The molecule has 0 radical (unpaired) electrons. The highest BCUT2D eigenvalue weighted by Gasteiger charge is 2.34. The highest BCUT2D eigenvalue weighted by Crippen LogP contribution is 2.31. The lowest BCUT2D eigenvalue weighted by Gasteiger charge is -2.01. The third-order valence-electron chi connectivity index (χ3n) is 2.52. The average molecular weight is 204 g/mol. The van der Waals surface area contributed by atoms with E-state index in [-0.39, 0.29) is 17.5 Å². The van der Waals surface area contributed by atoms with Gasteiger partial charge in [-0.05, 0) is 37.1 Å². The molecule has 0 unspecified atom stereocenters. The number of Topliss-reactive ketones (excluding diaryl/α,β-unsaturated/α-hetero) is 2. The first-order valence-electron chi connectivity index (χ1n) is 4.95. The summed E-state index contributed by atoms with van der Waals surface area (Å²) < 4.78 is 4.97. The van der Waals surface area contributed by atoms with Crippen LogP contribution in [0.1, 0.15) is 23.2 Å². The van der Waals surface area contributed by atoms with E-state index in [0.717, 1.165) is 12.8 Å². The number of carbonyl (C=O) groups is 2. The minimum absolute atomic E-state index is 0.0143. The molecule has 1 aromatic rings. The van der Waals surface area contributed by atoms with Crippen molar-refractivity contribution in [1.29, 1.82) is 0 Å². The van der Waals surface area contributed by atoms with Gasteiger partial charge < -0.3 is 4.74 Å². The van der Waals surface area contributed by atoms with Crippen molar-refractivity contribution in [2.75, 3.05) is 7.11 Å². The van der Waals surface area contributed by atoms with Gasteiger partial charge >= 0.3 is 0 Å². The topological polar surface area (TPSA) is 43.4 Å². The SMILES string of the molecule is COc1ccc(C(=O)C(=O)C2CC2)cc1. The Labute approximate surface area is 88.1 Å². The molecule has 0 spiro atoms. The van der Waals surface area contributed by atoms with Crippen molar-refractivity contribution in [3.8, 4) is 5.75 Å². The second kappa shape index (κ2) is 3.85. The summed E-state index contributed by atoms with van der Waals surface area (Å²) in [6.07, 6.45) is 1.72. The van der Waals surface area contributed by atoms with Crippen LogP contribution in [0.15, 0.2) is 24.3 Å². The van der Waals surface area contributed by atoms with Gasteiger partial charge in [-0.25, -0.2) is 0 Å². The van der Waals surface area contributed by atoms with Crippen LogP contribution in [0, 0.1) is 5.92 Å². The first-order chi connectivity index (χ1) is 7.22. The Morgan fingerprint density at radius 3 is 2.27 bits per heavy atom. The average Bonchev–Trinajstić information content (AvgIpc) is 3.11. The van der Waals surface area contributed by atoms with Crippen LogP contribution in [0.25, 0.3) is 0 Å². The molecule has 0 amide bonds. The maximum atomic E-state index is 11.6. The summed E-state index contributed by atoms with van der Waals surface area (Å²) in [4.78, 5) is 23.1. The summed E-state index contributed by atoms with van der Waals surface area (Å²) in [5, 5.41) is 0. The molecule has 3 heteroatoms. The molecule has 1 aliphatic rings. The summed E-state index contributed by atoms with van der Waals surface area (Å²) in [7, 11) is 1.56. The first kappa shape index (κ1) is 9.90. The lowest BCUT2D eigenvalue weighted by Crippen LogP contribution is -2.15. The van der Waals surface area contributed by atoms with Crippen LogP contribution in [-0.2, 0) is 4.79 Å². The lowest BCUT2D eigenvalue weighted by molar-refractivity contribution is -0.116. The van der Waals surface area contributed by atoms with Gasteiger partial charge in [-0.3, -0.25) is 9.59 Å². The molecule has 78 valence electrons. The normalized spacial score (nSPS) is 14.7. The van der Waals surface area contributed by atoms with Crippen molar-refractivity contribution in [1.82, 2.24) is 0 Å². The molecule has 0 heterocycles. The van der Waals surface area contributed by atoms with Gasteiger partial charge in [-0.15, -0.1) is 0 Å². The predicted molar refractivity (Wildman–Crippen MR) is 55.1 cm³/mol. The Bertz CT molecular complexity index is 388. The molecule has 0 aliphatic heterocycles. The van der Waals surface area contributed by atoms with Crippen LogP contribution in [0.2, 0.25) is 0 Å². The van der Waals surface area contributed by atoms with Gasteiger partial charge in [-0.1, -0.05) is 0 Å². The third kappa shape index (κ3) is 2.06. The second-order valence-electron chi connectivity index (χ2n) is 3.70. The van der Waals surface area contributed by atoms with Crippen molar-refractivity contribution >= 4 is 11.6 Å². The van der Waals surface area contributed by atoms with Crippen molar-refractivity contribution in [2.24, 2.45) is 5.92 Å². The molecule has 1 saturated carbocycles. The number of benzene rings is 1. The smallest absolute Gasteiger partial charge is 0.228 e. The summed E-state index contributed by atoms with van der Waals surface area (Å²) in [6.45, 7) is 0. The summed E-state index contributed by atoms with van der Waals surface area (Å²) in [5.74, 6) is 0.0466.